The Morgan fingerprint density at radius 2 is 2.15 bits per heavy atom. The molecule has 0 saturated carbocycles. The van der Waals surface area contributed by atoms with E-state index in [1.54, 1.807) is 7.05 Å². The van der Waals surface area contributed by atoms with Gasteiger partial charge in [0.05, 0.1) is 11.2 Å². The number of rotatable bonds is 4. The number of amides is 1. The van der Waals surface area contributed by atoms with Crippen LogP contribution in [0.15, 0.2) is 30.5 Å². The van der Waals surface area contributed by atoms with E-state index in [2.05, 4.69) is 24.3 Å². The van der Waals surface area contributed by atoms with Gasteiger partial charge in [-0.05, 0) is 24.0 Å². The lowest BCUT2D eigenvalue weighted by Crippen LogP contribution is -2.18. The van der Waals surface area contributed by atoms with Crippen LogP contribution in [0.2, 0.25) is 5.02 Å². The molecule has 20 heavy (non-hydrogen) atoms. The van der Waals surface area contributed by atoms with Crippen LogP contribution in [-0.4, -0.2) is 15.7 Å². The molecule has 1 aromatic carbocycles. The number of nitrogens with zero attached hydrogens (tertiary/aromatic N) is 2. The highest BCUT2D eigenvalue weighted by Crippen LogP contribution is 2.27. The number of hydrogen-bond acceptors (Lipinski definition) is 2. The predicted molar refractivity (Wildman–Crippen MR) is 81.3 cm³/mol. The number of nitrogens with one attached hydrogen (secondary N) is 1. The van der Waals surface area contributed by atoms with Crippen LogP contribution in [0.25, 0.3) is 0 Å². The Bertz CT molecular complexity index is 602. The number of hydrogen-bond donors (Lipinski definition) is 1. The lowest BCUT2D eigenvalue weighted by molar-refractivity contribution is 0.101. The summed E-state index contributed by atoms with van der Waals surface area (Å²) in [7, 11) is 1.70. The number of benzene rings is 1. The highest BCUT2D eigenvalue weighted by atomic mass is 35.5. The van der Waals surface area contributed by atoms with Crippen molar-refractivity contribution in [3.05, 3.63) is 46.7 Å². The Hall–Kier alpha value is -1.81. The minimum absolute atomic E-state index is 0.245. The van der Waals surface area contributed by atoms with Gasteiger partial charge >= 0.3 is 0 Å². The van der Waals surface area contributed by atoms with E-state index in [1.807, 2.05) is 24.3 Å². The SMILES string of the molecule is CC[C@H](C)c1ccccc1NC(=O)c1c(Cl)cnn1C. The Morgan fingerprint density at radius 1 is 1.45 bits per heavy atom. The third kappa shape index (κ3) is 2.85. The molecule has 1 aromatic heterocycles. The highest BCUT2D eigenvalue weighted by molar-refractivity contribution is 6.34. The zero-order chi connectivity index (χ0) is 14.7. The Kier molecular flexibility index (Phi) is 4.45. The first-order chi connectivity index (χ1) is 9.54. The second-order valence-electron chi connectivity index (χ2n) is 4.82. The lowest BCUT2D eigenvalue weighted by atomic mass is 9.97. The maximum absolute atomic E-state index is 12.3. The first-order valence-electron chi connectivity index (χ1n) is 6.62. The molecule has 1 heterocycles. The maximum atomic E-state index is 12.3. The van der Waals surface area contributed by atoms with E-state index in [1.165, 1.54) is 10.9 Å². The van der Waals surface area contributed by atoms with Crippen molar-refractivity contribution in [3.63, 3.8) is 0 Å². The largest absolute Gasteiger partial charge is 0.320 e. The normalized spacial score (nSPS) is 12.2. The number of aromatic nitrogens is 2. The number of carbonyl (C=O) groups excluding carboxylic acids is 1. The molecule has 106 valence electrons. The average molecular weight is 292 g/mol. The van der Waals surface area contributed by atoms with Gasteiger partial charge in [-0.3, -0.25) is 9.48 Å². The van der Waals surface area contributed by atoms with Crippen molar-refractivity contribution in [2.45, 2.75) is 26.2 Å². The van der Waals surface area contributed by atoms with Gasteiger partial charge in [-0.25, -0.2) is 0 Å². The molecule has 0 aliphatic rings. The standard InChI is InChI=1S/C15H18ClN3O/c1-4-10(2)11-7-5-6-8-13(11)18-15(20)14-12(16)9-17-19(14)3/h5-10H,4H2,1-3H3,(H,18,20)/t10-/m0/s1. The average Bonchev–Trinajstić information content (AvgIpc) is 2.78. The Labute approximate surface area is 123 Å². The number of aryl methyl sites for hydroxylation is 1. The summed E-state index contributed by atoms with van der Waals surface area (Å²) in [6.07, 6.45) is 2.48. The zero-order valence-corrected chi connectivity index (χ0v) is 12.6. The van der Waals surface area contributed by atoms with Gasteiger partial charge in [0.1, 0.15) is 5.69 Å². The third-order valence-electron chi connectivity index (χ3n) is 3.46. The van der Waals surface area contributed by atoms with Crippen LogP contribution < -0.4 is 5.32 Å². The monoisotopic (exact) mass is 291 g/mol. The minimum atomic E-state index is -0.245. The van der Waals surface area contributed by atoms with Gasteiger partial charge in [0.25, 0.3) is 5.91 Å². The Balaban J connectivity index is 2.29. The molecule has 2 aromatic rings. The molecular formula is C15H18ClN3O. The van der Waals surface area contributed by atoms with E-state index in [0.29, 0.717) is 16.6 Å². The number of anilines is 1. The smallest absolute Gasteiger partial charge is 0.275 e. The number of para-hydroxylation sites is 1. The van der Waals surface area contributed by atoms with Gasteiger partial charge in [-0.2, -0.15) is 5.10 Å². The Morgan fingerprint density at radius 3 is 2.75 bits per heavy atom. The van der Waals surface area contributed by atoms with Crippen molar-refractivity contribution in [2.24, 2.45) is 7.05 Å². The summed E-state index contributed by atoms with van der Waals surface area (Å²) in [4.78, 5) is 12.3. The van der Waals surface area contributed by atoms with Crippen LogP contribution in [0.3, 0.4) is 0 Å². The molecule has 0 radical (unpaired) electrons. The fraction of sp³-hybridized carbons (Fsp3) is 0.333. The van der Waals surface area contributed by atoms with Gasteiger partial charge in [-0.1, -0.05) is 43.6 Å². The zero-order valence-electron chi connectivity index (χ0n) is 11.9. The van der Waals surface area contributed by atoms with Crippen molar-refractivity contribution >= 4 is 23.2 Å². The molecule has 0 aliphatic carbocycles. The summed E-state index contributed by atoms with van der Waals surface area (Å²) < 4.78 is 1.48. The predicted octanol–water partition coefficient (Wildman–Crippen LogP) is 3.84. The highest BCUT2D eigenvalue weighted by Gasteiger charge is 2.17. The third-order valence-corrected chi connectivity index (χ3v) is 3.74. The van der Waals surface area contributed by atoms with Crippen molar-refractivity contribution in [2.75, 3.05) is 5.32 Å². The van der Waals surface area contributed by atoms with Crippen LogP contribution in [-0.2, 0) is 7.05 Å². The maximum Gasteiger partial charge on any atom is 0.275 e. The van der Waals surface area contributed by atoms with Crippen LogP contribution in [0.5, 0.6) is 0 Å². The molecule has 0 unspecified atom stereocenters. The second-order valence-corrected chi connectivity index (χ2v) is 5.22. The molecule has 5 heteroatoms. The molecule has 0 aliphatic heterocycles. The summed E-state index contributed by atoms with van der Waals surface area (Å²) in [6, 6.07) is 7.83. The first kappa shape index (κ1) is 14.6. The molecule has 1 amide bonds. The summed E-state index contributed by atoms with van der Waals surface area (Å²) in [5, 5.41) is 7.25. The molecule has 1 atom stereocenters. The molecule has 0 saturated heterocycles. The van der Waals surface area contributed by atoms with Gasteiger partial charge in [0, 0.05) is 12.7 Å². The lowest BCUT2D eigenvalue weighted by Gasteiger charge is -2.15. The van der Waals surface area contributed by atoms with Crippen LogP contribution in [0, 0.1) is 0 Å². The van der Waals surface area contributed by atoms with Crippen molar-refractivity contribution < 1.29 is 4.79 Å². The molecule has 2 rings (SSSR count). The van der Waals surface area contributed by atoms with E-state index in [-0.39, 0.29) is 5.91 Å². The second kappa shape index (κ2) is 6.09. The molecular weight excluding hydrogens is 274 g/mol. The van der Waals surface area contributed by atoms with Crippen molar-refractivity contribution in [1.29, 1.82) is 0 Å². The van der Waals surface area contributed by atoms with Crippen LogP contribution in [0.1, 0.15) is 42.2 Å². The van der Waals surface area contributed by atoms with Gasteiger partial charge < -0.3 is 5.32 Å². The fourth-order valence-electron chi connectivity index (χ4n) is 2.11. The summed E-state index contributed by atoms with van der Waals surface area (Å²) in [5.74, 6) is 0.138. The first-order valence-corrected chi connectivity index (χ1v) is 7.00. The van der Waals surface area contributed by atoms with E-state index in [9.17, 15) is 4.79 Å². The van der Waals surface area contributed by atoms with Gasteiger partial charge in [0.2, 0.25) is 0 Å². The molecule has 1 N–H and O–H groups in total. The molecule has 4 nitrogen and oxygen atoms in total. The van der Waals surface area contributed by atoms with E-state index >= 15 is 0 Å². The molecule has 0 fully saturated rings. The topological polar surface area (TPSA) is 46.9 Å². The van der Waals surface area contributed by atoms with E-state index < -0.39 is 0 Å². The van der Waals surface area contributed by atoms with Crippen LogP contribution in [0.4, 0.5) is 5.69 Å². The summed E-state index contributed by atoms with van der Waals surface area (Å²) >= 11 is 5.99. The summed E-state index contributed by atoms with van der Waals surface area (Å²) in [5.41, 5.74) is 2.32. The number of carbonyl (C=O) groups is 1. The van der Waals surface area contributed by atoms with Gasteiger partial charge in [-0.15, -0.1) is 0 Å². The minimum Gasteiger partial charge on any atom is -0.320 e. The van der Waals surface area contributed by atoms with E-state index in [0.717, 1.165) is 17.7 Å². The van der Waals surface area contributed by atoms with Crippen molar-refractivity contribution in [3.8, 4) is 0 Å². The van der Waals surface area contributed by atoms with Crippen LogP contribution >= 0.6 is 11.6 Å². The fourth-order valence-corrected chi connectivity index (χ4v) is 2.36. The summed E-state index contributed by atoms with van der Waals surface area (Å²) in [6.45, 7) is 4.27. The molecule has 0 spiro atoms. The van der Waals surface area contributed by atoms with Crippen molar-refractivity contribution in [1.82, 2.24) is 9.78 Å². The molecule has 0 bridgehead atoms. The number of halogens is 1. The van der Waals surface area contributed by atoms with E-state index in [4.69, 9.17) is 11.6 Å². The quantitative estimate of drug-likeness (QED) is 0.930. The van der Waals surface area contributed by atoms with Gasteiger partial charge in [0.15, 0.2) is 0 Å².